The molecule has 0 unspecified atom stereocenters. The molecule has 2 heterocycles. The van der Waals surface area contributed by atoms with Gasteiger partial charge in [-0.1, -0.05) is 12.1 Å². The molecular formula is C12H9NO2. The van der Waals surface area contributed by atoms with Crippen LogP contribution in [0.15, 0.2) is 41.0 Å². The van der Waals surface area contributed by atoms with Gasteiger partial charge in [-0.25, -0.2) is 4.98 Å². The summed E-state index contributed by atoms with van der Waals surface area (Å²) in [5, 5.41) is 1.01. The summed E-state index contributed by atoms with van der Waals surface area (Å²) in [4.78, 5) is 4.38. The van der Waals surface area contributed by atoms with E-state index in [-0.39, 0.29) is 0 Å². The van der Waals surface area contributed by atoms with E-state index in [2.05, 4.69) is 4.98 Å². The van der Waals surface area contributed by atoms with Gasteiger partial charge in [0.25, 0.3) is 0 Å². The van der Waals surface area contributed by atoms with Crippen molar-refractivity contribution in [2.45, 2.75) is 0 Å². The van der Waals surface area contributed by atoms with E-state index < -0.39 is 0 Å². The SMILES string of the molecule is COc1cc2coc3ccccc3c-2n1. The zero-order valence-corrected chi connectivity index (χ0v) is 8.23. The predicted octanol–water partition coefficient (Wildman–Crippen LogP) is 2.94. The van der Waals surface area contributed by atoms with Crippen LogP contribution in [0.3, 0.4) is 0 Å². The largest absolute Gasteiger partial charge is 0.481 e. The smallest absolute Gasteiger partial charge is 0.214 e. The summed E-state index contributed by atoms with van der Waals surface area (Å²) in [5.41, 5.74) is 2.73. The van der Waals surface area contributed by atoms with Gasteiger partial charge in [0.2, 0.25) is 5.88 Å². The molecule has 0 saturated heterocycles. The lowest BCUT2D eigenvalue weighted by atomic mass is 10.1. The molecule has 3 heteroatoms. The van der Waals surface area contributed by atoms with Gasteiger partial charge in [-0.3, -0.25) is 0 Å². The van der Waals surface area contributed by atoms with Gasteiger partial charge < -0.3 is 9.15 Å². The van der Waals surface area contributed by atoms with Gasteiger partial charge >= 0.3 is 0 Å². The van der Waals surface area contributed by atoms with Crippen LogP contribution in [0, 0.1) is 0 Å². The number of ether oxygens (including phenoxy) is 1. The molecule has 0 amide bonds. The third kappa shape index (κ3) is 1.16. The van der Waals surface area contributed by atoms with Crippen LogP contribution in [-0.2, 0) is 0 Å². The van der Waals surface area contributed by atoms with Crippen LogP contribution >= 0.6 is 0 Å². The van der Waals surface area contributed by atoms with Crippen molar-refractivity contribution >= 4 is 11.0 Å². The Hall–Kier alpha value is -2.03. The van der Waals surface area contributed by atoms with Crippen molar-refractivity contribution in [3.8, 4) is 17.1 Å². The van der Waals surface area contributed by atoms with Crippen molar-refractivity contribution in [3.05, 3.63) is 36.6 Å². The Kier molecular flexibility index (Phi) is 1.65. The molecule has 3 rings (SSSR count). The lowest BCUT2D eigenvalue weighted by molar-refractivity contribution is 0.401. The van der Waals surface area contributed by atoms with Crippen LogP contribution in [0.25, 0.3) is 22.2 Å². The van der Waals surface area contributed by atoms with Crippen molar-refractivity contribution in [1.29, 1.82) is 0 Å². The second-order valence-corrected chi connectivity index (χ2v) is 3.33. The standard InChI is InChI=1S/C12H9NO2/c1-14-11-6-8-7-15-10-5-3-2-4-9(10)12(8)13-11/h2-7H,1H3. The van der Waals surface area contributed by atoms with Crippen LogP contribution in [-0.4, -0.2) is 12.1 Å². The highest BCUT2D eigenvalue weighted by atomic mass is 16.5. The molecule has 2 aliphatic heterocycles. The number of rotatable bonds is 1. The number of methoxy groups -OCH3 is 1. The molecule has 2 aliphatic rings. The fourth-order valence-electron chi connectivity index (χ4n) is 1.71. The molecule has 0 atom stereocenters. The van der Waals surface area contributed by atoms with Gasteiger partial charge in [-0.15, -0.1) is 0 Å². The normalized spacial score (nSPS) is 11.0. The maximum Gasteiger partial charge on any atom is 0.214 e. The third-order valence-electron chi connectivity index (χ3n) is 2.44. The molecule has 74 valence electrons. The summed E-state index contributed by atoms with van der Waals surface area (Å²) in [6, 6.07) is 9.70. The first-order chi connectivity index (χ1) is 7.38. The van der Waals surface area contributed by atoms with Gasteiger partial charge in [0.15, 0.2) is 0 Å². The highest BCUT2D eigenvalue weighted by Crippen LogP contribution is 2.33. The van der Waals surface area contributed by atoms with Crippen molar-refractivity contribution in [2.75, 3.05) is 7.11 Å². The molecule has 0 radical (unpaired) electrons. The van der Waals surface area contributed by atoms with Gasteiger partial charge in [0, 0.05) is 17.0 Å². The Morgan fingerprint density at radius 3 is 3.00 bits per heavy atom. The summed E-state index contributed by atoms with van der Waals surface area (Å²) < 4.78 is 10.6. The summed E-state index contributed by atoms with van der Waals surface area (Å²) >= 11 is 0. The van der Waals surface area contributed by atoms with Crippen molar-refractivity contribution in [3.63, 3.8) is 0 Å². The van der Waals surface area contributed by atoms with Crippen LogP contribution in [0.1, 0.15) is 0 Å². The number of fused-ring (bicyclic) bond motifs is 3. The Bertz CT molecular complexity index is 585. The second-order valence-electron chi connectivity index (χ2n) is 3.33. The lowest BCUT2D eigenvalue weighted by Crippen LogP contribution is -1.82. The zero-order chi connectivity index (χ0) is 10.3. The third-order valence-corrected chi connectivity index (χ3v) is 2.44. The number of hydrogen-bond acceptors (Lipinski definition) is 3. The average molecular weight is 199 g/mol. The molecule has 3 nitrogen and oxygen atoms in total. The molecule has 15 heavy (non-hydrogen) atoms. The maximum atomic E-state index is 5.49. The zero-order valence-electron chi connectivity index (χ0n) is 8.23. The predicted molar refractivity (Wildman–Crippen MR) is 57.2 cm³/mol. The highest BCUT2D eigenvalue weighted by molar-refractivity contribution is 5.92. The van der Waals surface area contributed by atoms with E-state index in [1.54, 1.807) is 13.4 Å². The highest BCUT2D eigenvalue weighted by Gasteiger charge is 2.13. The quantitative estimate of drug-likeness (QED) is 0.604. The lowest BCUT2D eigenvalue weighted by Gasteiger charge is -2.00. The Morgan fingerprint density at radius 1 is 1.27 bits per heavy atom. The van der Waals surface area contributed by atoms with E-state index in [0.717, 1.165) is 22.2 Å². The molecule has 0 bridgehead atoms. The molecule has 0 aromatic heterocycles. The molecule has 0 saturated carbocycles. The van der Waals surface area contributed by atoms with Gasteiger partial charge in [0.1, 0.15) is 11.8 Å². The van der Waals surface area contributed by atoms with Crippen molar-refractivity contribution in [2.24, 2.45) is 0 Å². The molecule has 1 aromatic carbocycles. The number of nitrogens with zero attached hydrogens (tertiary/aromatic N) is 1. The minimum atomic E-state index is 0.622. The van der Waals surface area contributed by atoms with E-state index in [0.29, 0.717) is 5.88 Å². The summed E-state index contributed by atoms with van der Waals surface area (Å²) in [6.07, 6.45) is 1.70. The Balaban J connectivity index is 2.42. The van der Waals surface area contributed by atoms with E-state index >= 15 is 0 Å². The van der Waals surface area contributed by atoms with E-state index in [9.17, 15) is 0 Å². The van der Waals surface area contributed by atoms with E-state index in [1.807, 2.05) is 30.3 Å². The molecule has 0 N–H and O–H groups in total. The Morgan fingerprint density at radius 2 is 2.13 bits per heavy atom. The van der Waals surface area contributed by atoms with E-state index in [1.165, 1.54) is 0 Å². The average Bonchev–Trinajstić information content (AvgIpc) is 2.72. The maximum absolute atomic E-state index is 5.49. The van der Waals surface area contributed by atoms with Gasteiger partial charge in [-0.05, 0) is 12.1 Å². The monoisotopic (exact) mass is 199 g/mol. The number of hydrogen-bond donors (Lipinski definition) is 0. The van der Waals surface area contributed by atoms with E-state index in [4.69, 9.17) is 9.15 Å². The number of benzene rings is 1. The van der Waals surface area contributed by atoms with Gasteiger partial charge in [-0.2, -0.15) is 0 Å². The van der Waals surface area contributed by atoms with Crippen molar-refractivity contribution in [1.82, 2.24) is 4.98 Å². The molecule has 1 aromatic rings. The fraction of sp³-hybridized carbons (Fsp3) is 0.0833. The topological polar surface area (TPSA) is 35.3 Å². The first-order valence-electron chi connectivity index (χ1n) is 4.69. The van der Waals surface area contributed by atoms with Crippen LogP contribution in [0.2, 0.25) is 0 Å². The number of aromatic nitrogens is 1. The first kappa shape index (κ1) is 8.29. The van der Waals surface area contributed by atoms with Gasteiger partial charge in [0.05, 0.1) is 12.8 Å². The summed E-state index contributed by atoms with van der Waals surface area (Å²) in [7, 11) is 1.61. The fourth-order valence-corrected chi connectivity index (χ4v) is 1.71. The molecular weight excluding hydrogens is 190 g/mol. The summed E-state index contributed by atoms with van der Waals surface area (Å²) in [5.74, 6) is 0.622. The van der Waals surface area contributed by atoms with Crippen LogP contribution in [0.5, 0.6) is 5.88 Å². The van der Waals surface area contributed by atoms with Crippen LogP contribution in [0.4, 0.5) is 0 Å². The molecule has 0 aliphatic carbocycles. The molecule has 0 fully saturated rings. The summed E-state index contributed by atoms with van der Waals surface area (Å²) in [6.45, 7) is 0. The second kappa shape index (κ2) is 2.98. The van der Waals surface area contributed by atoms with Crippen LogP contribution < -0.4 is 4.74 Å². The molecule has 0 spiro atoms. The Labute approximate surface area is 86.6 Å². The minimum Gasteiger partial charge on any atom is -0.481 e. The minimum absolute atomic E-state index is 0.622. The van der Waals surface area contributed by atoms with Crippen molar-refractivity contribution < 1.29 is 9.15 Å². The number of para-hydroxylation sites is 1. The first-order valence-corrected chi connectivity index (χ1v) is 4.69.